The minimum Gasteiger partial charge on any atom is -0.309 e. The van der Waals surface area contributed by atoms with Crippen molar-refractivity contribution in [1.29, 1.82) is 10.5 Å². The van der Waals surface area contributed by atoms with E-state index in [1.807, 2.05) is 48.5 Å². The van der Waals surface area contributed by atoms with Crippen molar-refractivity contribution in [3.63, 3.8) is 0 Å². The molecule has 0 fully saturated rings. The highest BCUT2D eigenvalue weighted by Crippen LogP contribution is 2.40. The van der Waals surface area contributed by atoms with Gasteiger partial charge in [-0.3, -0.25) is 0 Å². The standard InChI is InChI=1S/C50H30N4/c51-31-35-12-4-6-16-41(35)37-26-38(42-17-7-5-13-36(42)32-52)28-40(27-37)54-48-21-11-9-19-44(48)46-30-34(23-25-50(46)54)33-22-24-49-45(29-33)43-18-8-10-20-47(43)53(49)39-14-2-1-3-15-39/h1-30H. The summed E-state index contributed by atoms with van der Waals surface area (Å²) in [5.41, 5.74) is 13.7. The highest BCUT2D eigenvalue weighted by Gasteiger charge is 2.18. The van der Waals surface area contributed by atoms with E-state index in [1.54, 1.807) is 0 Å². The molecule has 10 rings (SSSR count). The number of nitriles is 2. The third kappa shape index (κ3) is 4.90. The van der Waals surface area contributed by atoms with Crippen molar-refractivity contribution in [2.75, 3.05) is 0 Å². The molecule has 4 heteroatoms. The summed E-state index contributed by atoms with van der Waals surface area (Å²) in [5, 5.41) is 24.9. The molecule has 0 aliphatic rings. The molecule has 0 amide bonds. The number of benzene rings is 8. The van der Waals surface area contributed by atoms with Crippen molar-refractivity contribution in [3.05, 3.63) is 193 Å². The van der Waals surface area contributed by atoms with Gasteiger partial charge in [-0.1, -0.05) is 103 Å². The molecule has 0 atom stereocenters. The number of hydrogen-bond donors (Lipinski definition) is 0. The molecule has 0 bridgehead atoms. The van der Waals surface area contributed by atoms with Crippen LogP contribution < -0.4 is 0 Å². The first kappa shape index (κ1) is 31.1. The Hall–Kier alpha value is -7.66. The number of hydrogen-bond acceptors (Lipinski definition) is 2. The van der Waals surface area contributed by atoms with Crippen LogP contribution in [-0.2, 0) is 0 Å². The highest BCUT2D eigenvalue weighted by molar-refractivity contribution is 6.12. The summed E-state index contributed by atoms with van der Waals surface area (Å²) >= 11 is 0. The van der Waals surface area contributed by atoms with Gasteiger partial charge in [0.25, 0.3) is 0 Å². The van der Waals surface area contributed by atoms with E-state index in [9.17, 15) is 10.5 Å². The lowest BCUT2D eigenvalue weighted by atomic mass is 9.93. The van der Waals surface area contributed by atoms with E-state index in [-0.39, 0.29) is 0 Å². The van der Waals surface area contributed by atoms with E-state index in [4.69, 9.17) is 0 Å². The van der Waals surface area contributed by atoms with E-state index in [2.05, 4.69) is 155 Å². The van der Waals surface area contributed by atoms with E-state index >= 15 is 0 Å². The second kappa shape index (κ2) is 12.5. The lowest BCUT2D eigenvalue weighted by molar-refractivity contribution is 1.18. The van der Waals surface area contributed by atoms with Crippen LogP contribution in [0.3, 0.4) is 0 Å². The summed E-state index contributed by atoms with van der Waals surface area (Å²) in [4.78, 5) is 0. The molecule has 0 saturated heterocycles. The van der Waals surface area contributed by atoms with Crippen LogP contribution in [0.15, 0.2) is 182 Å². The maximum Gasteiger partial charge on any atom is 0.0998 e. The van der Waals surface area contributed by atoms with Gasteiger partial charge in [0.1, 0.15) is 0 Å². The summed E-state index contributed by atoms with van der Waals surface area (Å²) in [5.74, 6) is 0. The molecule has 8 aromatic carbocycles. The molecule has 0 spiro atoms. The topological polar surface area (TPSA) is 57.4 Å². The molecule has 4 nitrogen and oxygen atoms in total. The van der Waals surface area contributed by atoms with E-state index in [0.717, 1.165) is 66.6 Å². The fraction of sp³-hybridized carbons (Fsp3) is 0. The number of para-hydroxylation sites is 3. The van der Waals surface area contributed by atoms with Crippen LogP contribution in [0, 0.1) is 22.7 Å². The second-order valence-electron chi connectivity index (χ2n) is 13.6. The predicted molar refractivity (Wildman–Crippen MR) is 221 cm³/mol. The minimum absolute atomic E-state index is 0.602. The van der Waals surface area contributed by atoms with Gasteiger partial charge in [0.15, 0.2) is 0 Å². The number of aromatic nitrogens is 2. The SMILES string of the molecule is N#Cc1ccccc1-c1cc(-c2ccccc2C#N)cc(-n2c3ccccc3c3cc(-c4ccc5c(c4)c4ccccc4n5-c4ccccc4)ccc32)c1. The van der Waals surface area contributed by atoms with Gasteiger partial charge in [0.2, 0.25) is 0 Å². The summed E-state index contributed by atoms with van der Waals surface area (Å²) in [6, 6.07) is 67.8. The maximum absolute atomic E-state index is 10.1. The molecule has 0 saturated carbocycles. The summed E-state index contributed by atoms with van der Waals surface area (Å²) in [7, 11) is 0. The van der Waals surface area contributed by atoms with Crippen LogP contribution in [-0.4, -0.2) is 9.13 Å². The molecule has 0 aliphatic carbocycles. The van der Waals surface area contributed by atoms with Gasteiger partial charge in [-0.2, -0.15) is 10.5 Å². The minimum atomic E-state index is 0.602. The van der Waals surface area contributed by atoms with Crippen LogP contribution in [0.5, 0.6) is 0 Å². The number of nitrogens with zero attached hydrogens (tertiary/aromatic N) is 4. The number of rotatable bonds is 5. The Morgan fingerprint density at radius 3 is 1.26 bits per heavy atom. The molecule has 0 aliphatic heterocycles. The van der Waals surface area contributed by atoms with Crippen molar-refractivity contribution in [3.8, 4) is 56.9 Å². The monoisotopic (exact) mass is 686 g/mol. The molecule has 0 radical (unpaired) electrons. The summed E-state index contributed by atoms with van der Waals surface area (Å²) < 4.78 is 4.65. The number of fused-ring (bicyclic) bond motifs is 6. The first-order chi connectivity index (χ1) is 26.7. The van der Waals surface area contributed by atoms with Gasteiger partial charge in [0, 0.05) is 32.9 Å². The largest absolute Gasteiger partial charge is 0.309 e. The molecule has 0 N–H and O–H groups in total. The quantitative estimate of drug-likeness (QED) is 0.181. The zero-order chi connectivity index (χ0) is 36.2. The fourth-order valence-electron chi connectivity index (χ4n) is 8.15. The fourth-order valence-corrected chi connectivity index (χ4v) is 8.15. The van der Waals surface area contributed by atoms with Crippen LogP contribution >= 0.6 is 0 Å². The third-order valence-corrected chi connectivity index (χ3v) is 10.6. The Balaban J connectivity index is 1.19. The summed E-state index contributed by atoms with van der Waals surface area (Å²) in [6.07, 6.45) is 0. The molecule has 10 aromatic rings. The van der Waals surface area contributed by atoms with Crippen LogP contribution in [0.2, 0.25) is 0 Å². The van der Waals surface area contributed by atoms with E-state index in [1.165, 1.54) is 21.8 Å². The van der Waals surface area contributed by atoms with Crippen molar-refractivity contribution in [1.82, 2.24) is 9.13 Å². The zero-order valence-corrected chi connectivity index (χ0v) is 29.1. The molecule has 0 unspecified atom stereocenters. The predicted octanol–water partition coefficient (Wildman–Crippen LogP) is 12.6. The molecular weight excluding hydrogens is 657 g/mol. The van der Waals surface area contributed by atoms with Crippen molar-refractivity contribution in [2.24, 2.45) is 0 Å². The Morgan fingerprint density at radius 1 is 0.315 bits per heavy atom. The highest BCUT2D eigenvalue weighted by atomic mass is 15.0. The maximum atomic E-state index is 10.1. The summed E-state index contributed by atoms with van der Waals surface area (Å²) in [6.45, 7) is 0. The molecule has 2 heterocycles. The normalized spacial score (nSPS) is 11.3. The lowest BCUT2D eigenvalue weighted by Gasteiger charge is -2.15. The Morgan fingerprint density at radius 2 is 0.741 bits per heavy atom. The van der Waals surface area contributed by atoms with Crippen molar-refractivity contribution < 1.29 is 0 Å². The zero-order valence-electron chi connectivity index (χ0n) is 29.1. The van der Waals surface area contributed by atoms with Gasteiger partial charge in [-0.05, 0) is 112 Å². The lowest BCUT2D eigenvalue weighted by Crippen LogP contribution is -1.97. The van der Waals surface area contributed by atoms with Crippen molar-refractivity contribution in [2.45, 2.75) is 0 Å². The van der Waals surface area contributed by atoms with Gasteiger partial charge in [-0.25, -0.2) is 0 Å². The molecule has 250 valence electrons. The van der Waals surface area contributed by atoms with Gasteiger partial charge < -0.3 is 9.13 Å². The van der Waals surface area contributed by atoms with Gasteiger partial charge >= 0.3 is 0 Å². The van der Waals surface area contributed by atoms with Crippen LogP contribution in [0.25, 0.3) is 88.4 Å². The smallest absolute Gasteiger partial charge is 0.0998 e. The Kier molecular flexibility index (Phi) is 7.22. The average Bonchev–Trinajstić information content (AvgIpc) is 3.76. The third-order valence-electron chi connectivity index (χ3n) is 10.6. The van der Waals surface area contributed by atoms with Crippen LogP contribution in [0.4, 0.5) is 0 Å². The second-order valence-corrected chi connectivity index (χ2v) is 13.6. The van der Waals surface area contributed by atoms with Gasteiger partial charge in [-0.15, -0.1) is 0 Å². The Labute approximate surface area is 312 Å². The van der Waals surface area contributed by atoms with Crippen molar-refractivity contribution >= 4 is 43.6 Å². The molecule has 2 aromatic heterocycles. The van der Waals surface area contributed by atoms with E-state index in [0.29, 0.717) is 11.1 Å². The first-order valence-corrected chi connectivity index (χ1v) is 18.0. The average molecular weight is 687 g/mol. The van der Waals surface area contributed by atoms with Crippen LogP contribution in [0.1, 0.15) is 11.1 Å². The molecular formula is C50H30N4. The van der Waals surface area contributed by atoms with E-state index < -0.39 is 0 Å². The van der Waals surface area contributed by atoms with Gasteiger partial charge in [0.05, 0.1) is 45.3 Å². The molecule has 54 heavy (non-hydrogen) atoms. The Bertz CT molecular complexity index is 3110. The first-order valence-electron chi connectivity index (χ1n) is 18.0.